The topological polar surface area (TPSA) is 66.8 Å². The molecule has 0 bridgehead atoms. The predicted molar refractivity (Wildman–Crippen MR) is 41.4 cm³/mol. The molecule has 0 aliphatic heterocycles. The first-order valence-electron chi connectivity index (χ1n) is 3.24. The summed E-state index contributed by atoms with van der Waals surface area (Å²) in [6.07, 6.45) is 1.04. The van der Waals surface area contributed by atoms with Gasteiger partial charge in [-0.25, -0.2) is 0 Å². The van der Waals surface area contributed by atoms with Crippen molar-refractivity contribution in [2.24, 2.45) is 0 Å². The Morgan fingerprint density at radius 3 is 2.58 bits per heavy atom. The Hall–Kier alpha value is -1.36. The van der Waals surface area contributed by atoms with E-state index in [9.17, 15) is 9.59 Å². The number of methoxy groups -OCH3 is 1. The molecule has 0 saturated heterocycles. The minimum Gasteiger partial charge on any atom is -0.480 e. The third-order valence-electron chi connectivity index (χ3n) is 1.10. The maximum Gasteiger partial charge on any atom is 0.323 e. The molecule has 5 nitrogen and oxygen atoms in total. The van der Waals surface area contributed by atoms with E-state index >= 15 is 0 Å². The van der Waals surface area contributed by atoms with E-state index in [4.69, 9.17) is 5.11 Å². The smallest absolute Gasteiger partial charge is 0.323 e. The van der Waals surface area contributed by atoms with E-state index in [0.29, 0.717) is 0 Å². The molecule has 0 unspecified atom stereocenters. The summed E-state index contributed by atoms with van der Waals surface area (Å²) in [7, 11) is 1.38. The second-order valence-electron chi connectivity index (χ2n) is 2.05. The number of carboxylic acids is 1. The molecule has 0 aromatic rings. The van der Waals surface area contributed by atoms with E-state index < -0.39 is 11.9 Å². The van der Waals surface area contributed by atoms with Crippen LogP contribution in [0.4, 0.5) is 0 Å². The van der Waals surface area contributed by atoms with Gasteiger partial charge in [-0.1, -0.05) is 6.58 Å². The van der Waals surface area contributed by atoms with Crippen molar-refractivity contribution in [3.63, 3.8) is 0 Å². The summed E-state index contributed by atoms with van der Waals surface area (Å²) in [6.45, 7) is 2.81. The van der Waals surface area contributed by atoms with Gasteiger partial charge in [-0.05, 0) is 6.08 Å². The number of nitrogens with zero attached hydrogens (tertiary/aromatic N) is 1. The fourth-order valence-corrected chi connectivity index (χ4v) is 0.635. The van der Waals surface area contributed by atoms with Crippen molar-refractivity contribution in [1.82, 2.24) is 4.90 Å². The second-order valence-corrected chi connectivity index (χ2v) is 2.05. The Morgan fingerprint density at radius 2 is 2.25 bits per heavy atom. The highest BCUT2D eigenvalue weighted by Crippen LogP contribution is 1.90. The number of carboxylic acid groups (broad SMARTS) is 1. The lowest BCUT2D eigenvalue weighted by atomic mass is 10.5. The van der Waals surface area contributed by atoms with Crippen LogP contribution in [0.1, 0.15) is 0 Å². The van der Waals surface area contributed by atoms with Crippen molar-refractivity contribution >= 4 is 11.9 Å². The van der Waals surface area contributed by atoms with Crippen molar-refractivity contribution in [2.45, 2.75) is 0 Å². The van der Waals surface area contributed by atoms with Crippen LogP contribution in [0.5, 0.6) is 0 Å². The summed E-state index contributed by atoms with van der Waals surface area (Å²) in [6, 6.07) is 0. The number of hydrogen-bond donors (Lipinski definition) is 1. The van der Waals surface area contributed by atoms with Crippen LogP contribution in [0.15, 0.2) is 12.7 Å². The molecule has 0 aliphatic rings. The number of carbonyl (C=O) groups is 2. The van der Waals surface area contributed by atoms with Crippen LogP contribution in [-0.2, 0) is 14.3 Å². The van der Waals surface area contributed by atoms with Crippen LogP contribution in [0.3, 0.4) is 0 Å². The molecule has 0 aliphatic carbocycles. The van der Waals surface area contributed by atoms with Gasteiger partial charge < -0.3 is 14.7 Å². The molecule has 68 valence electrons. The molecule has 0 fully saturated rings. The first kappa shape index (κ1) is 10.6. The fraction of sp³-hybridized carbons (Fsp3) is 0.429. The van der Waals surface area contributed by atoms with Gasteiger partial charge in [0.05, 0.1) is 0 Å². The summed E-state index contributed by atoms with van der Waals surface area (Å²) in [5.41, 5.74) is 0. The van der Waals surface area contributed by atoms with Gasteiger partial charge in [0.25, 0.3) is 0 Å². The fourth-order valence-electron chi connectivity index (χ4n) is 0.635. The van der Waals surface area contributed by atoms with Gasteiger partial charge in [-0.15, -0.1) is 0 Å². The summed E-state index contributed by atoms with van der Waals surface area (Å²) in [5.74, 6) is -1.54. The first-order chi connectivity index (χ1) is 5.61. The number of rotatable bonds is 5. The average Bonchev–Trinajstić information content (AvgIpc) is 2.01. The van der Waals surface area contributed by atoms with Gasteiger partial charge in [-0.3, -0.25) is 9.59 Å². The van der Waals surface area contributed by atoms with Crippen molar-refractivity contribution in [1.29, 1.82) is 0 Å². The van der Waals surface area contributed by atoms with E-state index in [-0.39, 0.29) is 13.3 Å². The molecule has 0 saturated carbocycles. The Morgan fingerprint density at radius 1 is 1.67 bits per heavy atom. The van der Waals surface area contributed by atoms with Crippen LogP contribution in [0, 0.1) is 0 Å². The third-order valence-corrected chi connectivity index (χ3v) is 1.10. The molecular weight excluding hydrogens is 162 g/mol. The maximum atomic E-state index is 10.9. The molecular formula is C7H11NO4. The van der Waals surface area contributed by atoms with Gasteiger partial charge in [0.15, 0.2) is 0 Å². The Kier molecular flexibility index (Phi) is 4.71. The van der Waals surface area contributed by atoms with Crippen molar-refractivity contribution in [2.75, 3.05) is 20.4 Å². The summed E-state index contributed by atoms with van der Waals surface area (Å²) >= 11 is 0. The largest absolute Gasteiger partial charge is 0.480 e. The summed E-state index contributed by atoms with van der Waals surface area (Å²) in [5, 5.41) is 8.37. The second kappa shape index (κ2) is 5.31. The number of aliphatic carboxylic acids is 1. The highest BCUT2D eigenvalue weighted by atomic mass is 16.5. The molecule has 0 heterocycles. The SMILES string of the molecule is C=CC(=O)N(COC)CC(=O)O. The van der Waals surface area contributed by atoms with Crippen LogP contribution >= 0.6 is 0 Å². The number of hydrogen-bond acceptors (Lipinski definition) is 3. The molecule has 0 rings (SSSR count). The van der Waals surface area contributed by atoms with Gasteiger partial charge in [-0.2, -0.15) is 0 Å². The lowest BCUT2D eigenvalue weighted by molar-refractivity contribution is -0.145. The highest BCUT2D eigenvalue weighted by molar-refractivity contribution is 5.89. The van der Waals surface area contributed by atoms with Gasteiger partial charge in [0.2, 0.25) is 5.91 Å². The molecule has 0 spiro atoms. The normalized spacial score (nSPS) is 9.08. The maximum absolute atomic E-state index is 10.9. The van der Waals surface area contributed by atoms with Gasteiger partial charge >= 0.3 is 5.97 Å². The van der Waals surface area contributed by atoms with Crippen molar-refractivity contribution < 1.29 is 19.4 Å². The molecule has 12 heavy (non-hydrogen) atoms. The standard InChI is InChI=1S/C7H11NO4/c1-3-6(9)8(5-12-2)4-7(10)11/h3H,1,4-5H2,2H3,(H,10,11). The summed E-state index contributed by atoms with van der Waals surface area (Å²) in [4.78, 5) is 22.1. The van der Waals surface area contributed by atoms with Gasteiger partial charge in [0.1, 0.15) is 13.3 Å². The molecule has 5 heteroatoms. The van der Waals surface area contributed by atoms with E-state index in [2.05, 4.69) is 11.3 Å². The van der Waals surface area contributed by atoms with Crippen molar-refractivity contribution in [3.8, 4) is 0 Å². The zero-order valence-electron chi connectivity index (χ0n) is 6.82. The zero-order valence-corrected chi connectivity index (χ0v) is 6.82. The predicted octanol–water partition coefficient (Wildman–Crippen LogP) is -0.311. The van der Waals surface area contributed by atoms with Crippen molar-refractivity contribution in [3.05, 3.63) is 12.7 Å². The van der Waals surface area contributed by atoms with E-state index in [1.165, 1.54) is 7.11 Å². The quantitative estimate of drug-likeness (QED) is 0.457. The molecule has 0 aromatic carbocycles. The van der Waals surface area contributed by atoms with E-state index in [1.807, 2.05) is 0 Å². The van der Waals surface area contributed by atoms with E-state index in [1.54, 1.807) is 0 Å². The molecule has 0 radical (unpaired) electrons. The van der Waals surface area contributed by atoms with Crippen LogP contribution in [0.25, 0.3) is 0 Å². The molecule has 0 atom stereocenters. The minimum absolute atomic E-state index is 0.0445. The van der Waals surface area contributed by atoms with Gasteiger partial charge in [0, 0.05) is 7.11 Å². The van der Waals surface area contributed by atoms with Crippen LogP contribution in [0.2, 0.25) is 0 Å². The Balaban J connectivity index is 4.11. The third kappa shape index (κ3) is 3.72. The summed E-state index contributed by atoms with van der Waals surface area (Å²) < 4.78 is 4.62. The lowest BCUT2D eigenvalue weighted by Crippen LogP contribution is -2.35. The minimum atomic E-state index is -1.08. The molecule has 1 amide bonds. The Labute approximate surface area is 70.2 Å². The van der Waals surface area contributed by atoms with E-state index in [0.717, 1.165) is 11.0 Å². The number of ether oxygens (including phenoxy) is 1. The Bertz CT molecular complexity index is 190. The number of amides is 1. The number of carbonyl (C=O) groups excluding carboxylic acids is 1. The monoisotopic (exact) mass is 173 g/mol. The average molecular weight is 173 g/mol. The van der Waals surface area contributed by atoms with Crippen LogP contribution in [-0.4, -0.2) is 42.3 Å². The zero-order chi connectivity index (χ0) is 9.56. The highest BCUT2D eigenvalue weighted by Gasteiger charge is 2.12. The van der Waals surface area contributed by atoms with Crippen LogP contribution < -0.4 is 0 Å². The molecule has 0 aromatic heterocycles. The first-order valence-corrected chi connectivity index (χ1v) is 3.24. The lowest BCUT2D eigenvalue weighted by Gasteiger charge is -2.16. The molecule has 1 N–H and O–H groups in total.